The Labute approximate surface area is 104 Å². The molecule has 3 N–H and O–H groups in total. The van der Waals surface area contributed by atoms with Crippen molar-refractivity contribution in [3.8, 4) is 0 Å². The van der Waals surface area contributed by atoms with Gasteiger partial charge in [-0.05, 0) is 6.08 Å². The number of nitrogens with zero attached hydrogens (tertiary/aromatic N) is 1. The van der Waals surface area contributed by atoms with Gasteiger partial charge in [-0.3, -0.25) is 0 Å². The summed E-state index contributed by atoms with van der Waals surface area (Å²) >= 11 is 0. The summed E-state index contributed by atoms with van der Waals surface area (Å²) in [7, 11) is 0. The van der Waals surface area contributed by atoms with Crippen LogP contribution in [0.1, 0.15) is 12.8 Å². The second kappa shape index (κ2) is 11.4. The number of hydrogen-bond acceptors (Lipinski definition) is 3. The van der Waals surface area contributed by atoms with Crippen molar-refractivity contribution >= 4 is 0 Å². The molecule has 0 spiro atoms. The minimum atomic E-state index is 0. The van der Waals surface area contributed by atoms with Gasteiger partial charge >= 0.3 is 0 Å². The van der Waals surface area contributed by atoms with Crippen LogP contribution in [0.15, 0.2) is 12.7 Å². The van der Waals surface area contributed by atoms with E-state index in [0.717, 1.165) is 32.5 Å². The second-order valence-electron chi connectivity index (χ2n) is 3.86. The molecule has 0 aliphatic heterocycles. The lowest BCUT2D eigenvalue weighted by molar-refractivity contribution is -0.923. The number of aliphatic hydroxyl groups is 3. The Balaban J connectivity index is 0. The first kappa shape index (κ1) is 18.2. The van der Waals surface area contributed by atoms with Gasteiger partial charge in [0.1, 0.15) is 6.54 Å². The van der Waals surface area contributed by atoms with Crippen molar-refractivity contribution in [2.45, 2.75) is 12.8 Å². The van der Waals surface area contributed by atoms with Gasteiger partial charge in [-0.2, -0.15) is 0 Å². The van der Waals surface area contributed by atoms with Crippen LogP contribution in [0.3, 0.4) is 0 Å². The van der Waals surface area contributed by atoms with Crippen molar-refractivity contribution in [2.75, 3.05) is 46.0 Å². The van der Waals surface area contributed by atoms with Crippen LogP contribution in [0.25, 0.3) is 0 Å². The standard InChI is InChI=1S/C11H24NO3.ClH/c1-2-5-12(8-11-15,6-3-9-13)7-4-10-14;/h2,13-15H,1,3-11H2;1H/q+1;/p-1. The predicted octanol–water partition coefficient (Wildman–Crippen LogP) is -3.25. The Morgan fingerprint density at radius 1 is 0.875 bits per heavy atom. The molecule has 0 saturated heterocycles. The first-order valence-electron chi connectivity index (χ1n) is 5.53. The highest BCUT2D eigenvalue weighted by Gasteiger charge is 2.24. The van der Waals surface area contributed by atoms with Crippen LogP contribution >= 0.6 is 0 Å². The molecule has 0 aliphatic rings. The fraction of sp³-hybridized carbons (Fsp3) is 0.818. The average molecular weight is 254 g/mol. The number of quaternary nitrogens is 1. The number of aliphatic hydroxyl groups excluding tert-OH is 3. The third-order valence-electron chi connectivity index (χ3n) is 2.67. The molecule has 16 heavy (non-hydrogen) atoms. The first-order chi connectivity index (χ1) is 7.24. The molecule has 0 aromatic carbocycles. The molecule has 98 valence electrons. The fourth-order valence-corrected chi connectivity index (χ4v) is 1.91. The fourth-order valence-electron chi connectivity index (χ4n) is 1.91. The highest BCUT2D eigenvalue weighted by atomic mass is 35.5. The zero-order valence-corrected chi connectivity index (χ0v) is 10.6. The van der Waals surface area contributed by atoms with Gasteiger partial charge in [0.25, 0.3) is 0 Å². The first-order valence-corrected chi connectivity index (χ1v) is 5.53. The SMILES string of the molecule is C=CC[N+](CCO)(CCCO)CCCO.[Cl-]. The predicted molar refractivity (Wildman–Crippen MR) is 60.4 cm³/mol. The van der Waals surface area contributed by atoms with Crippen molar-refractivity contribution < 1.29 is 32.2 Å². The molecule has 5 heteroatoms. The van der Waals surface area contributed by atoms with E-state index in [4.69, 9.17) is 15.3 Å². The van der Waals surface area contributed by atoms with E-state index >= 15 is 0 Å². The maximum Gasteiger partial charge on any atom is 0.102 e. The highest BCUT2D eigenvalue weighted by Crippen LogP contribution is 2.09. The van der Waals surface area contributed by atoms with E-state index in [-0.39, 0.29) is 32.2 Å². The average Bonchev–Trinajstić information content (AvgIpc) is 2.24. The van der Waals surface area contributed by atoms with Crippen LogP contribution in [-0.2, 0) is 0 Å². The molecular weight excluding hydrogens is 230 g/mol. The third-order valence-corrected chi connectivity index (χ3v) is 2.67. The van der Waals surface area contributed by atoms with Crippen molar-refractivity contribution in [1.29, 1.82) is 0 Å². The lowest BCUT2D eigenvalue weighted by Crippen LogP contribution is -3.00. The van der Waals surface area contributed by atoms with Crippen LogP contribution < -0.4 is 12.4 Å². The summed E-state index contributed by atoms with van der Waals surface area (Å²) in [4.78, 5) is 0. The van der Waals surface area contributed by atoms with E-state index in [2.05, 4.69) is 6.58 Å². The van der Waals surface area contributed by atoms with Gasteiger partial charge in [0, 0.05) is 26.1 Å². The Kier molecular flexibility index (Phi) is 12.9. The summed E-state index contributed by atoms with van der Waals surface area (Å²) < 4.78 is 0.709. The van der Waals surface area contributed by atoms with Crippen LogP contribution in [0.5, 0.6) is 0 Å². The molecule has 0 saturated carbocycles. The van der Waals surface area contributed by atoms with Crippen LogP contribution in [0.4, 0.5) is 0 Å². The minimum absolute atomic E-state index is 0. The maximum atomic E-state index is 9.05. The molecule has 0 radical (unpaired) electrons. The number of halogens is 1. The van der Waals surface area contributed by atoms with Crippen LogP contribution in [0, 0.1) is 0 Å². The van der Waals surface area contributed by atoms with E-state index in [1.165, 1.54) is 0 Å². The van der Waals surface area contributed by atoms with E-state index in [1.807, 2.05) is 6.08 Å². The molecule has 0 fully saturated rings. The minimum Gasteiger partial charge on any atom is -1.00 e. The molecule has 0 atom stereocenters. The maximum absolute atomic E-state index is 9.05. The van der Waals surface area contributed by atoms with Gasteiger partial charge in [0.05, 0.1) is 26.2 Å². The van der Waals surface area contributed by atoms with E-state index in [1.54, 1.807) is 0 Å². The molecule has 0 heterocycles. The monoisotopic (exact) mass is 253 g/mol. The number of rotatable bonds is 10. The molecular formula is C11H24ClNO3. The van der Waals surface area contributed by atoms with E-state index < -0.39 is 0 Å². The molecule has 0 amide bonds. The molecule has 4 nitrogen and oxygen atoms in total. The zero-order valence-electron chi connectivity index (χ0n) is 9.82. The lowest BCUT2D eigenvalue weighted by Gasteiger charge is -2.37. The molecule has 0 aromatic rings. The molecule has 0 aliphatic carbocycles. The van der Waals surface area contributed by atoms with Gasteiger partial charge in [-0.15, -0.1) is 0 Å². The second-order valence-corrected chi connectivity index (χ2v) is 3.86. The van der Waals surface area contributed by atoms with E-state index in [9.17, 15) is 0 Å². The summed E-state index contributed by atoms with van der Waals surface area (Å²) in [5, 5.41) is 26.7. The molecule has 0 unspecified atom stereocenters. The highest BCUT2D eigenvalue weighted by molar-refractivity contribution is 4.66. The Morgan fingerprint density at radius 2 is 1.38 bits per heavy atom. The molecule has 0 bridgehead atoms. The molecule has 0 rings (SSSR count). The Morgan fingerprint density at radius 3 is 1.69 bits per heavy atom. The lowest BCUT2D eigenvalue weighted by atomic mass is 10.2. The van der Waals surface area contributed by atoms with Gasteiger partial charge < -0.3 is 32.2 Å². The van der Waals surface area contributed by atoms with Gasteiger partial charge in [0.15, 0.2) is 0 Å². The summed E-state index contributed by atoms with van der Waals surface area (Å²) in [5.41, 5.74) is 0. The topological polar surface area (TPSA) is 60.7 Å². The summed E-state index contributed by atoms with van der Waals surface area (Å²) in [6.07, 6.45) is 3.28. The summed E-state index contributed by atoms with van der Waals surface area (Å²) in [6.45, 7) is 7.27. The smallest absolute Gasteiger partial charge is 0.102 e. The summed E-state index contributed by atoms with van der Waals surface area (Å²) in [5.74, 6) is 0. The van der Waals surface area contributed by atoms with Crippen molar-refractivity contribution in [3.63, 3.8) is 0 Å². The van der Waals surface area contributed by atoms with Gasteiger partial charge in [-0.1, -0.05) is 6.58 Å². The van der Waals surface area contributed by atoms with Gasteiger partial charge in [-0.25, -0.2) is 0 Å². The van der Waals surface area contributed by atoms with Gasteiger partial charge in [0.2, 0.25) is 0 Å². The largest absolute Gasteiger partial charge is 1.00 e. The van der Waals surface area contributed by atoms with Crippen LogP contribution in [0.2, 0.25) is 0 Å². The van der Waals surface area contributed by atoms with Crippen LogP contribution in [-0.4, -0.2) is 65.8 Å². The number of hydrogen-bond donors (Lipinski definition) is 3. The van der Waals surface area contributed by atoms with Crippen molar-refractivity contribution in [3.05, 3.63) is 12.7 Å². The Hall–Kier alpha value is -0.130. The normalized spacial score (nSPS) is 10.9. The summed E-state index contributed by atoms with van der Waals surface area (Å²) in [6, 6.07) is 0. The molecule has 0 aromatic heterocycles. The van der Waals surface area contributed by atoms with E-state index in [0.29, 0.717) is 11.0 Å². The van der Waals surface area contributed by atoms with Crippen molar-refractivity contribution in [2.24, 2.45) is 0 Å². The zero-order chi connectivity index (χ0) is 11.6. The Bertz CT molecular complexity index is 159. The quantitative estimate of drug-likeness (QED) is 0.283. The van der Waals surface area contributed by atoms with Crippen molar-refractivity contribution in [1.82, 2.24) is 0 Å². The third kappa shape index (κ3) is 7.19.